The summed E-state index contributed by atoms with van der Waals surface area (Å²) in [4.78, 5) is 15.4. The Hall–Kier alpha value is -1.04. The number of anilines is 1. The number of amides is 1. The first-order valence-corrected chi connectivity index (χ1v) is 7.80. The molecule has 1 aliphatic rings. The summed E-state index contributed by atoms with van der Waals surface area (Å²) in [6, 6.07) is 8.36. The fourth-order valence-electron chi connectivity index (χ4n) is 2.18. The second-order valence-corrected chi connectivity index (χ2v) is 5.68. The Kier molecular flexibility index (Phi) is 5.24. The van der Waals surface area contributed by atoms with Crippen molar-refractivity contribution in [2.24, 2.45) is 0 Å². The summed E-state index contributed by atoms with van der Waals surface area (Å²) >= 11 is 1.70. The van der Waals surface area contributed by atoms with E-state index in [2.05, 4.69) is 22.5 Å². The van der Waals surface area contributed by atoms with Crippen LogP contribution >= 0.6 is 11.8 Å². The lowest BCUT2D eigenvalue weighted by atomic mass is 10.2. The van der Waals surface area contributed by atoms with Crippen molar-refractivity contribution in [3.63, 3.8) is 0 Å². The molecule has 0 aromatic heterocycles. The van der Waals surface area contributed by atoms with Crippen LogP contribution in [-0.2, 0) is 4.79 Å². The van der Waals surface area contributed by atoms with E-state index in [-0.39, 0.29) is 5.91 Å². The van der Waals surface area contributed by atoms with Crippen LogP contribution in [0.1, 0.15) is 6.92 Å². The fraction of sp³-hybridized carbons (Fsp3) is 0.500. The van der Waals surface area contributed by atoms with Gasteiger partial charge in [-0.3, -0.25) is 9.69 Å². The second kappa shape index (κ2) is 6.93. The Balaban J connectivity index is 1.86. The number of piperazine rings is 1. The van der Waals surface area contributed by atoms with E-state index in [9.17, 15) is 4.79 Å². The highest BCUT2D eigenvalue weighted by Gasteiger charge is 2.20. The molecule has 1 fully saturated rings. The summed E-state index contributed by atoms with van der Waals surface area (Å²) in [5.74, 6) is 0.0608. The number of thioether (sulfide) groups is 1. The maximum atomic E-state index is 12.0. The zero-order valence-electron chi connectivity index (χ0n) is 11.5. The van der Waals surface area contributed by atoms with E-state index in [1.54, 1.807) is 11.8 Å². The third-order valence-corrected chi connectivity index (χ3v) is 4.10. The predicted octanol–water partition coefficient (Wildman–Crippen LogP) is 1.64. The lowest BCUT2D eigenvalue weighted by Gasteiger charge is -2.33. The van der Waals surface area contributed by atoms with Gasteiger partial charge in [0.2, 0.25) is 5.91 Å². The molecular formula is C14H21N3OS. The molecule has 5 heteroatoms. The van der Waals surface area contributed by atoms with Gasteiger partial charge < -0.3 is 10.6 Å². The van der Waals surface area contributed by atoms with E-state index in [1.807, 2.05) is 30.5 Å². The average Bonchev–Trinajstić information content (AvgIpc) is 2.42. The highest BCUT2D eigenvalue weighted by Crippen LogP contribution is 2.17. The molecule has 1 aromatic rings. The van der Waals surface area contributed by atoms with Gasteiger partial charge in [-0.1, -0.05) is 0 Å². The van der Waals surface area contributed by atoms with Crippen molar-refractivity contribution in [2.75, 3.05) is 37.8 Å². The number of nitrogens with zero attached hydrogens (tertiary/aromatic N) is 1. The van der Waals surface area contributed by atoms with Gasteiger partial charge in [0.15, 0.2) is 0 Å². The maximum absolute atomic E-state index is 12.0. The van der Waals surface area contributed by atoms with E-state index in [4.69, 9.17) is 0 Å². The molecule has 0 spiro atoms. The van der Waals surface area contributed by atoms with Crippen LogP contribution in [0.4, 0.5) is 5.69 Å². The van der Waals surface area contributed by atoms with E-state index < -0.39 is 0 Å². The molecule has 19 heavy (non-hydrogen) atoms. The minimum atomic E-state index is 0.0608. The molecule has 0 unspecified atom stereocenters. The van der Waals surface area contributed by atoms with Crippen LogP contribution in [0, 0.1) is 0 Å². The molecule has 1 aliphatic heterocycles. The number of carbonyl (C=O) groups is 1. The summed E-state index contributed by atoms with van der Waals surface area (Å²) in [6.07, 6.45) is 2.04. The van der Waals surface area contributed by atoms with Crippen molar-refractivity contribution in [1.82, 2.24) is 10.2 Å². The van der Waals surface area contributed by atoms with Crippen LogP contribution in [0.25, 0.3) is 0 Å². The molecule has 1 saturated heterocycles. The summed E-state index contributed by atoms with van der Waals surface area (Å²) in [5.41, 5.74) is 0.866. The molecule has 0 radical (unpaired) electrons. The molecule has 0 aliphatic carbocycles. The van der Waals surface area contributed by atoms with Gasteiger partial charge >= 0.3 is 0 Å². The topological polar surface area (TPSA) is 44.4 Å². The minimum Gasteiger partial charge on any atom is -0.325 e. The summed E-state index contributed by atoms with van der Waals surface area (Å²) in [7, 11) is 0. The van der Waals surface area contributed by atoms with Gasteiger partial charge in [-0.05, 0) is 37.4 Å². The zero-order chi connectivity index (χ0) is 13.7. The van der Waals surface area contributed by atoms with Crippen LogP contribution in [-0.4, -0.2) is 49.3 Å². The van der Waals surface area contributed by atoms with Crippen molar-refractivity contribution >= 4 is 23.4 Å². The SMILES string of the molecule is CSc1ccc(NC(=O)CN2CCNC[C@@H]2C)cc1. The van der Waals surface area contributed by atoms with E-state index in [1.165, 1.54) is 4.90 Å². The molecule has 1 aromatic carbocycles. The second-order valence-electron chi connectivity index (χ2n) is 4.80. The Morgan fingerprint density at radius 2 is 2.21 bits per heavy atom. The molecule has 1 atom stereocenters. The molecule has 0 bridgehead atoms. The number of hydrogen-bond acceptors (Lipinski definition) is 4. The lowest BCUT2D eigenvalue weighted by molar-refractivity contribution is -0.118. The Labute approximate surface area is 118 Å². The zero-order valence-corrected chi connectivity index (χ0v) is 12.3. The third kappa shape index (κ3) is 4.23. The van der Waals surface area contributed by atoms with Crippen molar-refractivity contribution in [2.45, 2.75) is 17.9 Å². The van der Waals surface area contributed by atoms with Crippen LogP contribution in [0.3, 0.4) is 0 Å². The van der Waals surface area contributed by atoms with Crippen LogP contribution < -0.4 is 10.6 Å². The van der Waals surface area contributed by atoms with Crippen molar-refractivity contribution in [1.29, 1.82) is 0 Å². The average molecular weight is 279 g/mol. The maximum Gasteiger partial charge on any atom is 0.238 e. The first-order valence-electron chi connectivity index (χ1n) is 6.57. The molecular weight excluding hydrogens is 258 g/mol. The largest absolute Gasteiger partial charge is 0.325 e. The van der Waals surface area contributed by atoms with Gasteiger partial charge in [0.1, 0.15) is 0 Å². The minimum absolute atomic E-state index is 0.0608. The highest BCUT2D eigenvalue weighted by atomic mass is 32.2. The number of rotatable bonds is 4. The van der Waals surface area contributed by atoms with Gasteiger partial charge in [-0.2, -0.15) is 0 Å². The van der Waals surface area contributed by atoms with Gasteiger partial charge in [0.05, 0.1) is 6.54 Å². The van der Waals surface area contributed by atoms with E-state index >= 15 is 0 Å². The number of nitrogens with one attached hydrogen (secondary N) is 2. The molecule has 104 valence electrons. The highest BCUT2D eigenvalue weighted by molar-refractivity contribution is 7.98. The fourth-order valence-corrected chi connectivity index (χ4v) is 2.59. The molecule has 4 nitrogen and oxygen atoms in total. The van der Waals surface area contributed by atoms with Gasteiger partial charge in [-0.25, -0.2) is 0 Å². The summed E-state index contributed by atoms with van der Waals surface area (Å²) < 4.78 is 0. The normalized spacial score (nSPS) is 20.2. The standard InChI is InChI=1S/C14H21N3OS/c1-11-9-15-7-8-17(11)10-14(18)16-12-3-5-13(19-2)6-4-12/h3-6,11,15H,7-10H2,1-2H3,(H,16,18)/t11-/m0/s1. The van der Waals surface area contributed by atoms with Gasteiger partial charge in [0, 0.05) is 36.3 Å². The molecule has 0 saturated carbocycles. The Morgan fingerprint density at radius 3 is 2.84 bits per heavy atom. The third-order valence-electron chi connectivity index (χ3n) is 3.36. The first-order chi connectivity index (χ1) is 9.19. The van der Waals surface area contributed by atoms with Crippen molar-refractivity contribution in [3.05, 3.63) is 24.3 Å². The number of benzene rings is 1. The van der Waals surface area contributed by atoms with Crippen LogP contribution in [0.2, 0.25) is 0 Å². The summed E-state index contributed by atoms with van der Waals surface area (Å²) in [5, 5.41) is 6.28. The van der Waals surface area contributed by atoms with Crippen molar-refractivity contribution < 1.29 is 4.79 Å². The molecule has 2 N–H and O–H groups in total. The summed E-state index contributed by atoms with van der Waals surface area (Å²) in [6.45, 7) is 5.45. The lowest BCUT2D eigenvalue weighted by Crippen LogP contribution is -2.51. The predicted molar refractivity (Wildman–Crippen MR) is 80.8 cm³/mol. The smallest absolute Gasteiger partial charge is 0.238 e. The van der Waals surface area contributed by atoms with Gasteiger partial charge in [-0.15, -0.1) is 11.8 Å². The number of hydrogen-bond donors (Lipinski definition) is 2. The van der Waals surface area contributed by atoms with Gasteiger partial charge in [0.25, 0.3) is 0 Å². The Morgan fingerprint density at radius 1 is 1.47 bits per heavy atom. The molecule has 1 heterocycles. The van der Waals surface area contributed by atoms with E-state index in [0.717, 1.165) is 25.3 Å². The van der Waals surface area contributed by atoms with Crippen LogP contribution in [0.15, 0.2) is 29.2 Å². The van der Waals surface area contributed by atoms with Crippen LogP contribution in [0.5, 0.6) is 0 Å². The molecule has 1 amide bonds. The molecule has 2 rings (SSSR count). The Bertz CT molecular complexity index is 421. The first kappa shape index (κ1) is 14.4. The number of carbonyl (C=O) groups excluding carboxylic acids is 1. The quantitative estimate of drug-likeness (QED) is 0.823. The van der Waals surface area contributed by atoms with Crippen molar-refractivity contribution in [3.8, 4) is 0 Å². The van der Waals surface area contributed by atoms with E-state index in [0.29, 0.717) is 12.6 Å². The monoisotopic (exact) mass is 279 g/mol.